The first-order valence-corrected chi connectivity index (χ1v) is 7.37. The van der Waals surface area contributed by atoms with E-state index in [4.69, 9.17) is 5.73 Å². The molecule has 0 aliphatic rings. The van der Waals surface area contributed by atoms with Gasteiger partial charge in [-0.15, -0.1) is 0 Å². The number of hydrogen-bond acceptors (Lipinski definition) is 4. The molecule has 0 aliphatic carbocycles. The van der Waals surface area contributed by atoms with E-state index < -0.39 is 0 Å². The van der Waals surface area contributed by atoms with Gasteiger partial charge in [-0.05, 0) is 44.0 Å². The Hall–Kier alpha value is -2.08. The summed E-state index contributed by atoms with van der Waals surface area (Å²) in [5.74, 6) is 0. The number of fused-ring (bicyclic) bond motifs is 1. The molecule has 0 amide bonds. The Morgan fingerprint density at radius 2 is 1.76 bits per heavy atom. The van der Waals surface area contributed by atoms with E-state index in [1.165, 1.54) is 0 Å². The molecule has 4 N–H and O–H groups in total. The second-order valence-electron chi connectivity index (χ2n) is 5.12. The Kier molecular flexibility index (Phi) is 5.16. The molecule has 0 atom stereocenters. The molecule has 6 heteroatoms. The summed E-state index contributed by atoms with van der Waals surface area (Å²) in [6, 6.07) is 5.40. The molecule has 0 saturated heterocycles. The van der Waals surface area contributed by atoms with Crippen LogP contribution >= 0.6 is 0 Å². The summed E-state index contributed by atoms with van der Waals surface area (Å²) < 4.78 is 0. The van der Waals surface area contributed by atoms with Gasteiger partial charge in [-0.3, -0.25) is 19.8 Å². The van der Waals surface area contributed by atoms with Crippen LogP contribution in [0.25, 0.3) is 10.8 Å². The van der Waals surface area contributed by atoms with Crippen LogP contribution < -0.4 is 21.8 Å². The maximum atomic E-state index is 11.9. The van der Waals surface area contributed by atoms with Gasteiger partial charge in [0.25, 0.3) is 11.1 Å². The first-order valence-electron chi connectivity index (χ1n) is 7.37. The van der Waals surface area contributed by atoms with Gasteiger partial charge in [0, 0.05) is 18.8 Å². The monoisotopic (exact) mass is 290 g/mol. The third-order valence-electron chi connectivity index (χ3n) is 3.52. The largest absolute Gasteiger partial charge is 0.372 e. The summed E-state index contributed by atoms with van der Waals surface area (Å²) in [7, 11) is 0. The maximum Gasteiger partial charge on any atom is 0.270 e. The minimum absolute atomic E-state index is 0.273. The van der Waals surface area contributed by atoms with Crippen molar-refractivity contribution in [2.75, 3.05) is 24.5 Å². The van der Waals surface area contributed by atoms with Crippen LogP contribution in [0.4, 0.5) is 5.69 Å². The van der Waals surface area contributed by atoms with Crippen molar-refractivity contribution >= 4 is 16.5 Å². The summed E-state index contributed by atoms with van der Waals surface area (Å²) >= 11 is 0. The number of aromatic amines is 2. The first-order chi connectivity index (χ1) is 10.2. The zero-order valence-corrected chi connectivity index (χ0v) is 12.3. The summed E-state index contributed by atoms with van der Waals surface area (Å²) in [5, 5.41) is 5.55. The van der Waals surface area contributed by atoms with Crippen molar-refractivity contribution in [2.24, 2.45) is 5.73 Å². The Labute approximate surface area is 122 Å². The molecule has 0 bridgehead atoms. The number of nitrogens with one attached hydrogen (secondary N) is 2. The molecule has 2 aromatic rings. The zero-order chi connectivity index (χ0) is 15.2. The molecular weight excluding hydrogens is 268 g/mol. The van der Waals surface area contributed by atoms with Crippen LogP contribution in [-0.2, 0) is 0 Å². The number of anilines is 1. The van der Waals surface area contributed by atoms with E-state index in [2.05, 4.69) is 22.0 Å². The lowest BCUT2D eigenvalue weighted by molar-refractivity contribution is 0.684. The van der Waals surface area contributed by atoms with Gasteiger partial charge in [-0.2, -0.15) is 0 Å². The molecule has 6 nitrogen and oxygen atoms in total. The van der Waals surface area contributed by atoms with Gasteiger partial charge in [0.1, 0.15) is 0 Å². The first kappa shape index (κ1) is 15.3. The number of nitrogens with zero attached hydrogens (tertiary/aromatic N) is 1. The van der Waals surface area contributed by atoms with Crippen molar-refractivity contribution in [1.82, 2.24) is 10.2 Å². The molecule has 0 unspecified atom stereocenters. The second kappa shape index (κ2) is 7.08. The fourth-order valence-corrected chi connectivity index (χ4v) is 2.45. The molecule has 1 aromatic heterocycles. The molecule has 1 heterocycles. The van der Waals surface area contributed by atoms with Gasteiger partial charge in [0.2, 0.25) is 0 Å². The summed E-state index contributed by atoms with van der Waals surface area (Å²) in [6.45, 7) is 4.62. The number of H-pyrrole nitrogens is 2. The smallest absolute Gasteiger partial charge is 0.270 e. The molecule has 2 rings (SSSR count). The Balaban J connectivity index is 2.37. The van der Waals surface area contributed by atoms with Crippen molar-refractivity contribution in [3.8, 4) is 0 Å². The van der Waals surface area contributed by atoms with E-state index in [1.54, 1.807) is 12.1 Å². The van der Waals surface area contributed by atoms with Gasteiger partial charge in [-0.25, -0.2) is 0 Å². The highest BCUT2D eigenvalue weighted by Crippen LogP contribution is 2.19. The number of benzene rings is 1. The van der Waals surface area contributed by atoms with E-state index in [0.717, 1.165) is 38.0 Å². The molecule has 0 fully saturated rings. The number of unbranched alkanes of at least 4 members (excludes halogenated alkanes) is 1. The van der Waals surface area contributed by atoms with E-state index in [0.29, 0.717) is 17.3 Å². The second-order valence-corrected chi connectivity index (χ2v) is 5.12. The maximum absolute atomic E-state index is 11.9. The Bertz CT molecular complexity index is 705. The van der Waals surface area contributed by atoms with Gasteiger partial charge in [0.05, 0.1) is 10.8 Å². The average molecular weight is 290 g/mol. The van der Waals surface area contributed by atoms with Gasteiger partial charge in [0.15, 0.2) is 0 Å². The SMILES string of the molecule is CCCN(CCCCN)c1ccc2c(=O)[nH][nH]c(=O)c2c1. The highest BCUT2D eigenvalue weighted by atomic mass is 16.1. The van der Waals surface area contributed by atoms with Crippen LogP contribution in [0.15, 0.2) is 27.8 Å². The van der Waals surface area contributed by atoms with Crippen molar-refractivity contribution in [3.63, 3.8) is 0 Å². The molecule has 0 aliphatic heterocycles. The van der Waals surface area contributed by atoms with E-state index >= 15 is 0 Å². The van der Waals surface area contributed by atoms with Crippen LogP contribution in [0, 0.1) is 0 Å². The summed E-state index contributed by atoms with van der Waals surface area (Å²) in [4.78, 5) is 25.8. The van der Waals surface area contributed by atoms with Crippen molar-refractivity contribution in [2.45, 2.75) is 26.2 Å². The minimum Gasteiger partial charge on any atom is -0.372 e. The molecule has 1 aromatic carbocycles. The Morgan fingerprint density at radius 1 is 1.05 bits per heavy atom. The summed E-state index contributed by atoms with van der Waals surface area (Å²) in [6.07, 6.45) is 3.01. The normalized spacial score (nSPS) is 11.0. The third kappa shape index (κ3) is 3.52. The fourth-order valence-electron chi connectivity index (χ4n) is 2.45. The summed E-state index contributed by atoms with van der Waals surface area (Å²) in [5.41, 5.74) is 5.96. The number of hydrogen-bond donors (Lipinski definition) is 3. The van der Waals surface area contributed by atoms with Crippen LogP contribution in [0.2, 0.25) is 0 Å². The van der Waals surface area contributed by atoms with E-state index in [-0.39, 0.29) is 11.1 Å². The average Bonchev–Trinajstić information content (AvgIpc) is 2.50. The van der Waals surface area contributed by atoms with E-state index in [1.807, 2.05) is 6.07 Å². The molecule has 114 valence electrons. The van der Waals surface area contributed by atoms with Crippen molar-refractivity contribution in [3.05, 3.63) is 38.9 Å². The topological polar surface area (TPSA) is 95.0 Å². The number of rotatable bonds is 7. The quantitative estimate of drug-likeness (QED) is 0.667. The molecule has 21 heavy (non-hydrogen) atoms. The van der Waals surface area contributed by atoms with Crippen molar-refractivity contribution in [1.29, 1.82) is 0 Å². The van der Waals surface area contributed by atoms with Crippen LogP contribution in [0.5, 0.6) is 0 Å². The van der Waals surface area contributed by atoms with Gasteiger partial charge in [-0.1, -0.05) is 6.92 Å². The lowest BCUT2D eigenvalue weighted by Crippen LogP contribution is -2.26. The predicted molar refractivity (Wildman–Crippen MR) is 86.0 cm³/mol. The van der Waals surface area contributed by atoms with Crippen LogP contribution in [-0.4, -0.2) is 29.8 Å². The molecule has 0 radical (unpaired) electrons. The fraction of sp³-hybridized carbons (Fsp3) is 0.467. The molecule has 0 saturated carbocycles. The standard InChI is InChI=1S/C15H22N4O2/c1-2-8-19(9-4-3-7-16)11-5-6-12-13(10-11)15(21)18-17-14(12)20/h5-6,10H,2-4,7-9,16H2,1H3,(H,17,20)(H,18,21). The zero-order valence-electron chi connectivity index (χ0n) is 12.3. The van der Waals surface area contributed by atoms with Crippen molar-refractivity contribution < 1.29 is 0 Å². The Morgan fingerprint density at radius 3 is 2.43 bits per heavy atom. The highest BCUT2D eigenvalue weighted by Gasteiger charge is 2.09. The molecular formula is C15H22N4O2. The minimum atomic E-state index is -0.277. The number of aromatic nitrogens is 2. The van der Waals surface area contributed by atoms with Gasteiger partial charge >= 0.3 is 0 Å². The van der Waals surface area contributed by atoms with Crippen LogP contribution in [0.1, 0.15) is 26.2 Å². The molecule has 0 spiro atoms. The lowest BCUT2D eigenvalue weighted by Gasteiger charge is -2.24. The van der Waals surface area contributed by atoms with Gasteiger partial charge < -0.3 is 10.6 Å². The van der Waals surface area contributed by atoms with E-state index in [9.17, 15) is 9.59 Å². The highest BCUT2D eigenvalue weighted by molar-refractivity contribution is 5.84. The third-order valence-corrected chi connectivity index (χ3v) is 3.52. The van der Waals surface area contributed by atoms with Crippen LogP contribution in [0.3, 0.4) is 0 Å². The predicted octanol–water partition coefficient (Wildman–Crippen LogP) is 1.17. The lowest BCUT2D eigenvalue weighted by atomic mass is 10.1. The number of nitrogens with two attached hydrogens (primary N) is 1.